The molecule has 3 fully saturated rings. The monoisotopic (exact) mass is 618 g/mol. The molecule has 1 saturated carbocycles. The maximum atomic E-state index is 15.5. The summed E-state index contributed by atoms with van der Waals surface area (Å²) < 4.78 is 27.3. The van der Waals surface area contributed by atoms with Gasteiger partial charge >= 0.3 is 5.97 Å². The molecule has 2 aliphatic heterocycles. The maximum Gasteiger partial charge on any atom is 0.329 e. The van der Waals surface area contributed by atoms with E-state index in [0.29, 0.717) is 47.7 Å². The predicted molar refractivity (Wildman–Crippen MR) is 163 cm³/mol. The van der Waals surface area contributed by atoms with Gasteiger partial charge in [-0.1, -0.05) is 23.2 Å². The molecule has 2 heterocycles. The second-order valence-corrected chi connectivity index (χ2v) is 13.9. The summed E-state index contributed by atoms with van der Waals surface area (Å²) in [5.41, 5.74) is 1.34. The van der Waals surface area contributed by atoms with Crippen LogP contribution >= 0.6 is 23.2 Å². The van der Waals surface area contributed by atoms with Crippen LogP contribution in [0.2, 0.25) is 10.0 Å². The first kappa shape index (κ1) is 31.1. The third-order valence-electron chi connectivity index (χ3n) is 8.58. The lowest BCUT2D eigenvalue weighted by molar-refractivity contribution is -0.159. The van der Waals surface area contributed by atoms with E-state index >= 15 is 4.39 Å². The number of hydrogen-bond donors (Lipinski definition) is 0. The van der Waals surface area contributed by atoms with E-state index < -0.39 is 29.3 Å². The van der Waals surface area contributed by atoms with Crippen molar-refractivity contribution in [3.05, 3.63) is 62.9 Å². The van der Waals surface area contributed by atoms with E-state index in [2.05, 4.69) is 11.8 Å². The molecule has 6 nitrogen and oxygen atoms in total. The lowest BCUT2D eigenvalue weighted by Crippen LogP contribution is -2.43. The third kappa shape index (κ3) is 7.40. The lowest BCUT2D eigenvalue weighted by Gasteiger charge is -2.36. The molecule has 0 radical (unpaired) electrons. The SMILES string of the molecule is CC(c1cc(Cl)cc(Cl)c1)N1CCC(COc2cc(F)c(C(=O)N3CCC[C@H]3C(=O)OC(C)(C)C)cc2C2CC2)CC1. The summed E-state index contributed by atoms with van der Waals surface area (Å²) in [6.45, 7) is 10.3. The van der Waals surface area contributed by atoms with Crippen molar-refractivity contribution in [1.29, 1.82) is 0 Å². The number of amides is 1. The Morgan fingerprint density at radius 3 is 2.26 bits per heavy atom. The predicted octanol–water partition coefficient (Wildman–Crippen LogP) is 7.81. The summed E-state index contributed by atoms with van der Waals surface area (Å²) in [5.74, 6) is -0.365. The second kappa shape index (κ2) is 12.7. The molecular weight excluding hydrogens is 578 g/mol. The molecule has 0 N–H and O–H groups in total. The zero-order chi connectivity index (χ0) is 30.2. The van der Waals surface area contributed by atoms with Gasteiger partial charge in [0.1, 0.15) is 23.2 Å². The molecule has 9 heteroatoms. The van der Waals surface area contributed by atoms with Gasteiger partial charge in [-0.2, -0.15) is 0 Å². The summed E-state index contributed by atoms with van der Waals surface area (Å²) >= 11 is 12.4. The Hall–Kier alpha value is -2.35. The molecule has 1 aliphatic carbocycles. The molecule has 0 aromatic heterocycles. The minimum atomic E-state index is -0.694. The van der Waals surface area contributed by atoms with Crippen molar-refractivity contribution in [2.75, 3.05) is 26.2 Å². The molecule has 1 unspecified atom stereocenters. The number of carbonyl (C=O) groups is 2. The Morgan fingerprint density at radius 1 is 0.976 bits per heavy atom. The second-order valence-electron chi connectivity index (χ2n) is 13.0. The summed E-state index contributed by atoms with van der Waals surface area (Å²) in [5, 5.41) is 1.28. The molecule has 0 spiro atoms. The van der Waals surface area contributed by atoms with Crippen LogP contribution in [0.1, 0.15) is 99.7 Å². The number of halogens is 3. The highest BCUT2D eigenvalue weighted by molar-refractivity contribution is 6.34. The Labute approximate surface area is 258 Å². The quantitative estimate of drug-likeness (QED) is 0.282. The number of benzene rings is 2. The molecule has 1 amide bonds. The zero-order valence-corrected chi connectivity index (χ0v) is 26.4. The molecule has 3 aliphatic rings. The number of hydrogen-bond acceptors (Lipinski definition) is 5. The van der Waals surface area contributed by atoms with Crippen LogP contribution in [0.4, 0.5) is 4.39 Å². The highest BCUT2D eigenvalue weighted by Gasteiger charge is 2.39. The van der Waals surface area contributed by atoms with E-state index in [9.17, 15) is 9.59 Å². The number of likely N-dealkylation sites (tertiary alicyclic amines) is 2. The normalized spacial score (nSPS) is 20.9. The molecular formula is C33H41Cl2FN2O4. The van der Waals surface area contributed by atoms with Gasteiger partial charge < -0.3 is 14.4 Å². The molecule has 5 rings (SSSR count). The van der Waals surface area contributed by atoms with Crippen molar-refractivity contribution in [2.45, 2.75) is 89.8 Å². The first-order valence-electron chi connectivity index (χ1n) is 15.1. The number of piperidine rings is 1. The van der Waals surface area contributed by atoms with Crippen molar-refractivity contribution in [3.8, 4) is 5.75 Å². The first-order chi connectivity index (χ1) is 19.9. The Morgan fingerprint density at radius 2 is 1.64 bits per heavy atom. The summed E-state index contributed by atoms with van der Waals surface area (Å²) in [4.78, 5) is 30.2. The first-order valence-corrected chi connectivity index (χ1v) is 15.9. The van der Waals surface area contributed by atoms with Crippen LogP contribution in [0.5, 0.6) is 5.75 Å². The van der Waals surface area contributed by atoms with Gasteiger partial charge in [0.15, 0.2) is 0 Å². The Balaban J connectivity index is 1.22. The van der Waals surface area contributed by atoms with E-state index in [0.717, 1.165) is 49.9 Å². The molecule has 0 bridgehead atoms. The fourth-order valence-corrected chi connectivity index (χ4v) is 6.64. The number of ether oxygens (including phenoxy) is 2. The molecule has 2 aromatic carbocycles. The van der Waals surface area contributed by atoms with Gasteiger partial charge in [-0.25, -0.2) is 9.18 Å². The molecule has 2 saturated heterocycles. The van der Waals surface area contributed by atoms with Crippen LogP contribution in [-0.4, -0.2) is 59.6 Å². The van der Waals surface area contributed by atoms with Crippen LogP contribution in [0.25, 0.3) is 0 Å². The van der Waals surface area contributed by atoms with Gasteiger partial charge in [-0.3, -0.25) is 9.69 Å². The number of carbonyl (C=O) groups excluding carboxylic acids is 2. The van der Waals surface area contributed by atoms with Crippen molar-refractivity contribution in [2.24, 2.45) is 5.92 Å². The third-order valence-corrected chi connectivity index (χ3v) is 9.01. The highest BCUT2D eigenvalue weighted by atomic mass is 35.5. The summed E-state index contributed by atoms with van der Waals surface area (Å²) in [7, 11) is 0. The van der Waals surface area contributed by atoms with E-state index in [-0.39, 0.29) is 17.5 Å². The average Bonchev–Trinajstić information content (AvgIpc) is 3.64. The Kier molecular flexibility index (Phi) is 9.41. The largest absolute Gasteiger partial charge is 0.493 e. The number of esters is 1. The van der Waals surface area contributed by atoms with Crippen molar-refractivity contribution < 1.29 is 23.5 Å². The average molecular weight is 620 g/mol. The van der Waals surface area contributed by atoms with Gasteiger partial charge in [-0.15, -0.1) is 0 Å². The maximum absolute atomic E-state index is 15.5. The number of nitrogens with zero attached hydrogens (tertiary/aromatic N) is 2. The van der Waals surface area contributed by atoms with Gasteiger partial charge in [-0.05, 0) is 127 Å². The standard InChI is InChI=1S/C33H41Cl2FN2O4/c1-20(23-14-24(34)16-25(35)15-23)37-12-9-21(10-13-37)19-41-30-18-28(36)27(17-26(30)22-7-8-22)31(39)38-11-5-6-29(38)32(40)42-33(2,3)4/h14-18,20-22,29H,5-13,19H2,1-4H3/t20?,29-/m0/s1. The van der Waals surface area contributed by atoms with E-state index in [4.69, 9.17) is 32.7 Å². The number of rotatable bonds is 8. The minimum absolute atomic E-state index is 0.00289. The fourth-order valence-electron chi connectivity index (χ4n) is 6.10. The van der Waals surface area contributed by atoms with E-state index in [1.54, 1.807) is 32.9 Å². The van der Waals surface area contributed by atoms with Crippen LogP contribution in [0.15, 0.2) is 30.3 Å². The lowest BCUT2D eigenvalue weighted by atomic mass is 9.95. The Bertz CT molecular complexity index is 1300. The van der Waals surface area contributed by atoms with Gasteiger partial charge in [0.25, 0.3) is 5.91 Å². The van der Waals surface area contributed by atoms with Crippen LogP contribution in [0, 0.1) is 11.7 Å². The van der Waals surface area contributed by atoms with Crippen molar-refractivity contribution >= 4 is 35.1 Å². The van der Waals surface area contributed by atoms with E-state index in [1.807, 2.05) is 12.1 Å². The molecule has 2 aromatic rings. The van der Waals surface area contributed by atoms with Crippen LogP contribution in [0.3, 0.4) is 0 Å². The van der Waals surface area contributed by atoms with Crippen LogP contribution < -0.4 is 4.74 Å². The van der Waals surface area contributed by atoms with E-state index in [1.165, 1.54) is 11.0 Å². The van der Waals surface area contributed by atoms with Crippen molar-refractivity contribution in [3.63, 3.8) is 0 Å². The fraction of sp³-hybridized carbons (Fsp3) is 0.576. The highest BCUT2D eigenvalue weighted by Crippen LogP contribution is 2.45. The van der Waals surface area contributed by atoms with Gasteiger partial charge in [0.05, 0.1) is 12.2 Å². The zero-order valence-electron chi connectivity index (χ0n) is 24.9. The molecule has 42 heavy (non-hydrogen) atoms. The summed E-state index contributed by atoms with van der Waals surface area (Å²) in [6, 6.07) is 8.23. The topological polar surface area (TPSA) is 59.1 Å². The molecule has 228 valence electrons. The van der Waals surface area contributed by atoms with Gasteiger partial charge in [0, 0.05) is 28.7 Å². The minimum Gasteiger partial charge on any atom is -0.493 e. The summed E-state index contributed by atoms with van der Waals surface area (Å²) in [6.07, 6.45) is 5.12. The van der Waals surface area contributed by atoms with Crippen molar-refractivity contribution in [1.82, 2.24) is 9.80 Å². The smallest absolute Gasteiger partial charge is 0.329 e. The van der Waals surface area contributed by atoms with Crippen LogP contribution in [-0.2, 0) is 9.53 Å². The molecule has 2 atom stereocenters. The van der Waals surface area contributed by atoms with Gasteiger partial charge in [0.2, 0.25) is 0 Å².